The molecule has 0 heterocycles. The van der Waals surface area contributed by atoms with Gasteiger partial charge in [0.05, 0.1) is 13.2 Å². The average Bonchev–Trinajstić information content (AvgIpc) is 2.48. The van der Waals surface area contributed by atoms with Gasteiger partial charge in [-0.3, -0.25) is 0 Å². The van der Waals surface area contributed by atoms with Gasteiger partial charge in [0.15, 0.2) is 0 Å². The van der Waals surface area contributed by atoms with Crippen LogP contribution >= 0.6 is 15.9 Å². The van der Waals surface area contributed by atoms with Gasteiger partial charge in [0.1, 0.15) is 0 Å². The third kappa shape index (κ3) is 5.17. The third-order valence-corrected chi connectivity index (χ3v) is 3.43. The Morgan fingerprint density at radius 1 is 1.10 bits per heavy atom. The zero-order chi connectivity index (χ0) is 15.1. The largest absolute Gasteiger partial charge is 0.478 e. The Hall–Kier alpha value is -1.91. The third-order valence-electron chi connectivity index (χ3n) is 2.90. The van der Waals surface area contributed by atoms with Crippen LogP contribution in [0.15, 0.2) is 59.1 Å². The Bertz CT molecular complexity index is 633. The summed E-state index contributed by atoms with van der Waals surface area (Å²) in [5, 5.41) is 8.69. The predicted molar refractivity (Wildman–Crippen MR) is 85.7 cm³/mol. The van der Waals surface area contributed by atoms with Crippen LogP contribution in [0.5, 0.6) is 0 Å². The number of halogens is 1. The van der Waals surface area contributed by atoms with Gasteiger partial charge in [0.2, 0.25) is 0 Å². The van der Waals surface area contributed by atoms with E-state index in [4.69, 9.17) is 9.84 Å². The summed E-state index contributed by atoms with van der Waals surface area (Å²) in [5.41, 5.74) is 2.92. The molecule has 108 valence electrons. The molecule has 0 spiro atoms. The predicted octanol–water partition coefficient (Wildman–Crippen LogP) is 4.26. The second-order valence-corrected chi connectivity index (χ2v) is 5.41. The maximum Gasteiger partial charge on any atom is 0.328 e. The first-order chi connectivity index (χ1) is 10.1. The fourth-order valence-electron chi connectivity index (χ4n) is 1.85. The Morgan fingerprint density at radius 3 is 2.52 bits per heavy atom. The molecule has 2 aromatic carbocycles. The number of carbonyl (C=O) groups is 1. The molecule has 0 radical (unpaired) electrons. The lowest BCUT2D eigenvalue weighted by Crippen LogP contribution is -1.96. The van der Waals surface area contributed by atoms with Crippen LogP contribution in [0.1, 0.15) is 16.7 Å². The number of benzene rings is 2. The number of ether oxygens (including phenoxy) is 1. The van der Waals surface area contributed by atoms with Crippen LogP contribution in [0.4, 0.5) is 0 Å². The van der Waals surface area contributed by atoms with Crippen molar-refractivity contribution in [1.82, 2.24) is 0 Å². The summed E-state index contributed by atoms with van der Waals surface area (Å²) in [6.07, 6.45) is 2.72. The number of hydrogen-bond acceptors (Lipinski definition) is 2. The lowest BCUT2D eigenvalue weighted by atomic mass is 10.1. The second kappa shape index (κ2) is 7.76. The molecule has 4 heteroatoms. The van der Waals surface area contributed by atoms with E-state index in [1.54, 1.807) is 6.08 Å². The highest BCUT2D eigenvalue weighted by Gasteiger charge is 2.00. The van der Waals surface area contributed by atoms with Crippen molar-refractivity contribution < 1.29 is 14.6 Å². The van der Waals surface area contributed by atoms with Crippen LogP contribution in [-0.2, 0) is 22.7 Å². The normalized spacial score (nSPS) is 10.9. The SMILES string of the molecule is O=C(O)/C=C/c1ccccc1COCc1ccc(Br)cc1. The van der Waals surface area contributed by atoms with E-state index in [-0.39, 0.29) is 0 Å². The molecule has 3 nitrogen and oxygen atoms in total. The second-order valence-electron chi connectivity index (χ2n) is 4.49. The van der Waals surface area contributed by atoms with Gasteiger partial charge in [0, 0.05) is 10.5 Å². The Kier molecular flexibility index (Phi) is 5.72. The lowest BCUT2D eigenvalue weighted by Gasteiger charge is -2.07. The molecule has 0 saturated heterocycles. The smallest absolute Gasteiger partial charge is 0.328 e. The van der Waals surface area contributed by atoms with E-state index >= 15 is 0 Å². The van der Waals surface area contributed by atoms with Crippen molar-refractivity contribution in [1.29, 1.82) is 0 Å². The van der Waals surface area contributed by atoms with Crippen molar-refractivity contribution in [3.63, 3.8) is 0 Å². The summed E-state index contributed by atoms with van der Waals surface area (Å²) >= 11 is 3.39. The fraction of sp³-hybridized carbons (Fsp3) is 0.118. The van der Waals surface area contributed by atoms with Gasteiger partial charge in [-0.05, 0) is 34.9 Å². The first-order valence-electron chi connectivity index (χ1n) is 6.46. The van der Waals surface area contributed by atoms with Crippen molar-refractivity contribution in [3.8, 4) is 0 Å². The van der Waals surface area contributed by atoms with Crippen LogP contribution in [0, 0.1) is 0 Å². The Labute approximate surface area is 132 Å². The van der Waals surface area contributed by atoms with E-state index in [2.05, 4.69) is 15.9 Å². The van der Waals surface area contributed by atoms with Crippen LogP contribution < -0.4 is 0 Å². The minimum atomic E-state index is -0.958. The van der Waals surface area contributed by atoms with Crippen LogP contribution in [-0.4, -0.2) is 11.1 Å². The molecule has 0 bridgehead atoms. The van der Waals surface area contributed by atoms with Gasteiger partial charge in [-0.2, -0.15) is 0 Å². The summed E-state index contributed by atoms with van der Waals surface area (Å²) in [4.78, 5) is 10.6. The maximum atomic E-state index is 10.6. The molecule has 0 aliphatic heterocycles. The fourth-order valence-corrected chi connectivity index (χ4v) is 2.11. The highest BCUT2D eigenvalue weighted by molar-refractivity contribution is 9.10. The van der Waals surface area contributed by atoms with Gasteiger partial charge < -0.3 is 9.84 Å². The van der Waals surface area contributed by atoms with E-state index < -0.39 is 5.97 Å². The maximum absolute atomic E-state index is 10.6. The molecule has 0 aliphatic carbocycles. The van der Waals surface area contributed by atoms with Crippen molar-refractivity contribution in [2.24, 2.45) is 0 Å². The molecule has 0 fully saturated rings. The average molecular weight is 347 g/mol. The number of rotatable bonds is 6. The van der Waals surface area contributed by atoms with Crippen LogP contribution in [0.3, 0.4) is 0 Å². The summed E-state index contributed by atoms with van der Waals surface area (Å²) < 4.78 is 6.73. The molecule has 0 amide bonds. The molecular weight excluding hydrogens is 332 g/mol. The molecular formula is C17H15BrO3. The highest BCUT2D eigenvalue weighted by atomic mass is 79.9. The standard InChI is InChI=1S/C17H15BrO3/c18-16-8-5-13(6-9-16)11-21-12-15-4-2-1-3-14(15)7-10-17(19)20/h1-10H,11-12H2,(H,19,20)/b10-7+. The molecule has 2 aromatic rings. The lowest BCUT2D eigenvalue weighted by molar-refractivity contribution is -0.131. The molecule has 0 unspecified atom stereocenters. The molecule has 21 heavy (non-hydrogen) atoms. The summed E-state index contributed by atoms with van der Waals surface area (Å²) in [6.45, 7) is 0.959. The van der Waals surface area contributed by atoms with Gasteiger partial charge in [0.25, 0.3) is 0 Å². The van der Waals surface area contributed by atoms with Gasteiger partial charge in [-0.15, -0.1) is 0 Å². The van der Waals surface area contributed by atoms with Gasteiger partial charge in [-0.1, -0.05) is 52.3 Å². The summed E-state index contributed by atoms with van der Waals surface area (Å²) in [7, 11) is 0. The molecule has 2 rings (SSSR count). The molecule has 0 aromatic heterocycles. The zero-order valence-corrected chi connectivity index (χ0v) is 12.9. The van der Waals surface area contributed by atoms with Crippen LogP contribution in [0.25, 0.3) is 6.08 Å². The number of carboxylic acids is 1. The van der Waals surface area contributed by atoms with E-state index in [1.807, 2.05) is 48.5 Å². The van der Waals surface area contributed by atoms with Crippen molar-refractivity contribution in [3.05, 3.63) is 75.8 Å². The molecule has 0 atom stereocenters. The summed E-state index contributed by atoms with van der Waals surface area (Å²) in [5.74, 6) is -0.958. The quantitative estimate of drug-likeness (QED) is 0.794. The molecule has 0 saturated carbocycles. The highest BCUT2D eigenvalue weighted by Crippen LogP contribution is 2.15. The molecule has 0 aliphatic rings. The first kappa shape index (κ1) is 15.5. The number of carboxylic acid groups (broad SMARTS) is 1. The monoisotopic (exact) mass is 346 g/mol. The van der Waals surface area contributed by atoms with Gasteiger partial charge >= 0.3 is 5.97 Å². The minimum Gasteiger partial charge on any atom is -0.478 e. The van der Waals surface area contributed by atoms with E-state index in [0.717, 1.165) is 27.2 Å². The van der Waals surface area contributed by atoms with Crippen molar-refractivity contribution >= 4 is 28.0 Å². The number of aliphatic carboxylic acids is 1. The van der Waals surface area contributed by atoms with Gasteiger partial charge in [-0.25, -0.2) is 4.79 Å². The number of hydrogen-bond donors (Lipinski definition) is 1. The van der Waals surface area contributed by atoms with E-state index in [9.17, 15) is 4.79 Å². The van der Waals surface area contributed by atoms with E-state index in [0.29, 0.717) is 13.2 Å². The summed E-state index contributed by atoms with van der Waals surface area (Å²) in [6, 6.07) is 15.5. The zero-order valence-electron chi connectivity index (χ0n) is 11.3. The Morgan fingerprint density at radius 2 is 1.81 bits per heavy atom. The van der Waals surface area contributed by atoms with E-state index in [1.165, 1.54) is 0 Å². The topological polar surface area (TPSA) is 46.5 Å². The first-order valence-corrected chi connectivity index (χ1v) is 7.25. The minimum absolute atomic E-state index is 0.441. The van der Waals surface area contributed by atoms with Crippen LogP contribution in [0.2, 0.25) is 0 Å². The van der Waals surface area contributed by atoms with Crippen molar-refractivity contribution in [2.75, 3.05) is 0 Å². The molecule has 1 N–H and O–H groups in total. The Balaban J connectivity index is 1.96. The van der Waals surface area contributed by atoms with Crippen molar-refractivity contribution in [2.45, 2.75) is 13.2 Å².